The van der Waals surface area contributed by atoms with E-state index in [-0.39, 0.29) is 6.04 Å². The van der Waals surface area contributed by atoms with E-state index in [4.69, 9.17) is 9.47 Å². The Balaban J connectivity index is 2.97. The summed E-state index contributed by atoms with van der Waals surface area (Å²) in [5.74, 6) is 1.62. The van der Waals surface area contributed by atoms with Crippen LogP contribution in [0.3, 0.4) is 0 Å². The first-order chi connectivity index (χ1) is 7.19. The third kappa shape index (κ3) is 3.13. The van der Waals surface area contributed by atoms with Crippen LogP contribution in [-0.4, -0.2) is 13.2 Å². The molecule has 3 heteroatoms. The highest BCUT2D eigenvalue weighted by molar-refractivity contribution is 5.43. The Labute approximate surface area is 91.2 Å². The van der Waals surface area contributed by atoms with Gasteiger partial charge in [-0.25, -0.2) is 0 Å². The molecule has 1 unspecified atom stereocenters. The highest BCUT2D eigenvalue weighted by Gasteiger charge is 2.09. The number of hydrogen-bond donors (Lipinski definition) is 1. The summed E-state index contributed by atoms with van der Waals surface area (Å²) in [6, 6.07) is 6.25. The standard InChI is InChI=1S/C12H19NO2/c1-4-14-11-7-6-10(9(3)13)8-12(11)15-5-2/h6-9H,4-5,13H2,1-3H3/p+1. The molecule has 0 heterocycles. The van der Waals surface area contributed by atoms with Gasteiger partial charge in [-0.15, -0.1) is 0 Å². The number of hydrogen-bond acceptors (Lipinski definition) is 2. The van der Waals surface area contributed by atoms with E-state index in [1.165, 1.54) is 5.56 Å². The summed E-state index contributed by atoms with van der Waals surface area (Å²) in [6.45, 7) is 7.30. The number of quaternary nitrogens is 1. The average molecular weight is 210 g/mol. The van der Waals surface area contributed by atoms with Crippen LogP contribution >= 0.6 is 0 Å². The Morgan fingerprint density at radius 1 is 1.13 bits per heavy atom. The van der Waals surface area contributed by atoms with Gasteiger partial charge in [0, 0.05) is 5.56 Å². The zero-order chi connectivity index (χ0) is 11.3. The second-order valence-corrected chi connectivity index (χ2v) is 3.47. The van der Waals surface area contributed by atoms with E-state index in [2.05, 4.69) is 12.7 Å². The molecule has 1 atom stereocenters. The van der Waals surface area contributed by atoms with Crippen molar-refractivity contribution >= 4 is 0 Å². The molecule has 0 bridgehead atoms. The molecule has 0 saturated heterocycles. The Hall–Kier alpha value is -1.22. The molecule has 0 aromatic heterocycles. The lowest BCUT2D eigenvalue weighted by atomic mass is 10.1. The molecule has 1 aromatic rings. The second kappa shape index (κ2) is 5.61. The van der Waals surface area contributed by atoms with E-state index in [1.54, 1.807) is 0 Å². The van der Waals surface area contributed by atoms with Crippen molar-refractivity contribution in [1.29, 1.82) is 0 Å². The highest BCUT2D eigenvalue weighted by Crippen LogP contribution is 2.29. The summed E-state index contributed by atoms with van der Waals surface area (Å²) in [7, 11) is 0. The van der Waals surface area contributed by atoms with Gasteiger partial charge in [0.2, 0.25) is 0 Å². The molecule has 0 saturated carbocycles. The van der Waals surface area contributed by atoms with Crippen molar-refractivity contribution in [1.82, 2.24) is 0 Å². The molecule has 1 rings (SSSR count). The molecule has 0 aliphatic rings. The van der Waals surface area contributed by atoms with Crippen LogP contribution in [-0.2, 0) is 0 Å². The third-order valence-corrected chi connectivity index (χ3v) is 2.14. The zero-order valence-electron chi connectivity index (χ0n) is 9.75. The lowest BCUT2D eigenvalue weighted by Crippen LogP contribution is -2.51. The van der Waals surface area contributed by atoms with Crippen molar-refractivity contribution in [3.63, 3.8) is 0 Å². The first-order valence-electron chi connectivity index (χ1n) is 5.41. The van der Waals surface area contributed by atoms with Gasteiger partial charge in [0.25, 0.3) is 0 Å². The monoisotopic (exact) mass is 210 g/mol. The second-order valence-electron chi connectivity index (χ2n) is 3.47. The molecule has 3 N–H and O–H groups in total. The van der Waals surface area contributed by atoms with Gasteiger partial charge < -0.3 is 15.2 Å². The summed E-state index contributed by atoms with van der Waals surface area (Å²) < 4.78 is 11.0. The van der Waals surface area contributed by atoms with Crippen LogP contribution in [0.15, 0.2) is 18.2 Å². The minimum atomic E-state index is 0.264. The fourth-order valence-corrected chi connectivity index (χ4v) is 1.37. The molecule has 84 valence electrons. The van der Waals surface area contributed by atoms with E-state index in [1.807, 2.05) is 32.0 Å². The predicted octanol–water partition coefficient (Wildman–Crippen LogP) is 1.79. The fraction of sp³-hybridized carbons (Fsp3) is 0.500. The van der Waals surface area contributed by atoms with E-state index in [0.29, 0.717) is 13.2 Å². The minimum Gasteiger partial charge on any atom is -0.490 e. The van der Waals surface area contributed by atoms with Gasteiger partial charge in [-0.2, -0.15) is 0 Å². The summed E-state index contributed by atoms with van der Waals surface area (Å²) in [5, 5.41) is 0. The molecule has 0 aliphatic carbocycles. The maximum Gasteiger partial charge on any atom is 0.161 e. The lowest BCUT2D eigenvalue weighted by molar-refractivity contribution is -0.420. The van der Waals surface area contributed by atoms with E-state index in [9.17, 15) is 0 Å². The van der Waals surface area contributed by atoms with Gasteiger partial charge >= 0.3 is 0 Å². The summed E-state index contributed by atoms with van der Waals surface area (Å²) in [6.07, 6.45) is 0. The van der Waals surface area contributed by atoms with Crippen molar-refractivity contribution in [2.24, 2.45) is 0 Å². The normalized spacial score (nSPS) is 12.3. The lowest BCUT2D eigenvalue weighted by Gasteiger charge is -2.12. The SMILES string of the molecule is CCOc1ccc(C(C)[NH3+])cc1OCC. The van der Waals surface area contributed by atoms with Crippen molar-refractivity contribution in [2.45, 2.75) is 26.8 Å². The Kier molecular flexibility index (Phi) is 4.43. The molecule has 0 aliphatic heterocycles. The van der Waals surface area contributed by atoms with Gasteiger partial charge in [-0.3, -0.25) is 0 Å². The van der Waals surface area contributed by atoms with Crippen molar-refractivity contribution in [2.75, 3.05) is 13.2 Å². The predicted molar refractivity (Wildman–Crippen MR) is 60.1 cm³/mol. The Bertz CT molecular complexity index is 310. The summed E-state index contributed by atoms with van der Waals surface area (Å²) in [5.41, 5.74) is 5.16. The maximum absolute atomic E-state index is 5.53. The smallest absolute Gasteiger partial charge is 0.161 e. The third-order valence-electron chi connectivity index (χ3n) is 2.14. The first-order valence-corrected chi connectivity index (χ1v) is 5.41. The molecule has 15 heavy (non-hydrogen) atoms. The molecule has 0 radical (unpaired) electrons. The zero-order valence-corrected chi connectivity index (χ0v) is 9.75. The van der Waals surface area contributed by atoms with Gasteiger partial charge in [-0.1, -0.05) is 0 Å². The van der Waals surface area contributed by atoms with Crippen LogP contribution in [0.4, 0.5) is 0 Å². The molecular formula is C12H20NO2+. The molecule has 0 fully saturated rings. The van der Waals surface area contributed by atoms with Crippen molar-refractivity contribution < 1.29 is 15.2 Å². The van der Waals surface area contributed by atoms with Gasteiger partial charge in [-0.05, 0) is 39.0 Å². The van der Waals surface area contributed by atoms with Crippen LogP contribution in [0.2, 0.25) is 0 Å². The van der Waals surface area contributed by atoms with Crippen molar-refractivity contribution in [3.05, 3.63) is 23.8 Å². The molecule has 1 aromatic carbocycles. The molecule has 0 amide bonds. The quantitative estimate of drug-likeness (QED) is 0.805. The van der Waals surface area contributed by atoms with Gasteiger partial charge in [0.05, 0.1) is 13.2 Å². The average Bonchev–Trinajstić information content (AvgIpc) is 2.21. The van der Waals surface area contributed by atoms with Crippen molar-refractivity contribution in [3.8, 4) is 11.5 Å². The number of ether oxygens (including phenoxy) is 2. The van der Waals surface area contributed by atoms with Crippen LogP contribution in [0, 0.1) is 0 Å². The topological polar surface area (TPSA) is 46.1 Å². The van der Waals surface area contributed by atoms with Crippen LogP contribution < -0.4 is 15.2 Å². The van der Waals surface area contributed by atoms with Gasteiger partial charge in [0.15, 0.2) is 11.5 Å². The van der Waals surface area contributed by atoms with E-state index in [0.717, 1.165) is 11.5 Å². The largest absolute Gasteiger partial charge is 0.490 e. The maximum atomic E-state index is 5.53. The van der Waals surface area contributed by atoms with Gasteiger partial charge in [0.1, 0.15) is 6.04 Å². The summed E-state index contributed by atoms with van der Waals surface area (Å²) in [4.78, 5) is 0. The fourth-order valence-electron chi connectivity index (χ4n) is 1.37. The van der Waals surface area contributed by atoms with E-state index < -0.39 is 0 Å². The first kappa shape index (κ1) is 11.9. The minimum absolute atomic E-state index is 0.264. The molecule has 3 nitrogen and oxygen atoms in total. The molecule has 0 spiro atoms. The van der Waals surface area contributed by atoms with Crippen LogP contribution in [0.1, 0.15) is 32.4 Å². The Morgan fingerprint density at radius 3 is 2.27 bits per heavy atom. The Morgan fingerprint density at radius 2 is 1.73 bits per heavy atom. The van der Waals surface area contributed by atoms with Crippen LogP contribution in [0.25, 0.3) is 0 Å². The number of rotatable bonds is 5. The number of benzene rings is 1. The highest BCUT2D eigenvalue weighted by atomic mass is 16.5. The summed E-state index contributed by atoms with van der Waals surface area (Å²) >= 11 is 0. The molecular weight excluding hydrogens is 190 g/mol. The van der Waals surface area contributed by atoms with E-state index >= 15 is 0 Å². The van der Waals surface area contributed by atoms with Crippen LogP contribution in [0.5, 0.6) is 11.5 Å².